The van der Waals surface area contributed by atoms with Gasteiger partial charge in [-0.3, -0.25) is 0 Å². The van der Waals surface area contributed by atoms with Gasteiger partial charge in [-0.05, 0) is 37.3 Å². The summed E-state index contributed by atoms with van der Waals surface area (Å²) >= 11 is 0. The topological polar surface area (TPSA) is 78.2 Å². The van der Waals surface area contributed by atoms with E-state index in [1.165, 1.54) is 16.5 Å². The van der Waals surface area contributed by atoms with Crippen LogP contribution in [-0.2, 0) is 13.0 Å². The van der Waals surface area contributed by atoms with Crippen molar-refractivity contribution in [2.24, 2.45) is 4.99 Å². The van der Waals surface area contributed by atoms with Gasteiger partial charge in [-0.15, -0.1) is 0 Å². The molecule has 2 heterocycles. The first-order valence-electron chi connectivity index (χ1n) is 9.70. The molecule has 1 aromatic carbocycles. The van der Waals surface area contributed by atoms with Crippen molar-refractivity contribution in [2.45, 2.75) is 46.1 Å². The Bertz CT molecular complexity index is 877. The van der Waals surface area contributed by atoms with E-state index in [4.69, 9.17) is 4.52 Å². The molecule has 2 aromatic heterocycles. The van der Waals surface area contributed by atoms with E-state index in [2.05, 4.69) is 77.0 Å². The number of aliphatic imine (C=N–C) groups is 1. The number of guanidine groups is 1. The quantitative estimate of drug-likeness (QED) is 0.320. The SMILES string of the molecule is CCNC(=NCc1cc(C(C)C)no1)NCCCc1c[nH]c2ccccc12. The minimum Gasteiger partial charge on any atom is -0.361 e. The highest BCUT2D eigenvalue weighted by atomic mass is 16.5. The Morgan fingerprint density at radius 2 is 2.11 bits per heavy atom. The van der Waals surface area contributed by atoms with Gasteiger partial charge in [0.2, 0.25) is 0 Å². The van der Waals surface area contributed by atoms with Crippen LogP contribution in [0.4, 0.5) is 0 Å². The van der Waals surface area contributed by atoms with E-state index < -0.39 is 0 Å². The third kappa shape index (κ3) is 5.12. The van der Waals surface area contributed by atoms with Gasteiger partial charge in [0.05, 0.1) is 5.69 Å². The number of nitrogens with one attached hydrogen (secondary N) is 3. The van der Waals surface area contributed by atoms with Crippen LogP contribution in [0.2, 0.25) is 0 Å². The molecule has 0 atom stereocenters. The van der Waals surface area contributed by atoms with Crippen molar-refractivity contribution in [3.05, 3.63) is 53.5 Å². The molecule has 3 rings (SSSR count). The second-order valence-corrected chi connectivity index (χ2v) is 6.96. The van der Waals surface area contributed by atoms with E-state index >= 15 is 0 Å². The van der Waals surface area contributed by atoms with Crippen molar-refractivity contribution in [2.75, 3.05) is 13.1 Å². The highest BCUT2D eigenvalue weighted by Crippen LogP contribution is 2.18. The molecule has 0 aliphatic rings. The Morgan fingerprint density at radius 3 is 2.89 bits per heavy atom. The summed E-state index contributed by atoms with van der Waals surface area (Å²) in [5, 5.41) is 12.1. The Labute approximate surface area is 160 Å². The number of para-hydroxylation sites is 1. The summed E-state index contributed by atoms with van der Waals surface area (Å²) in [6, 6.07) is 10.4. The number of hydrogen-bond donors (Lipinski definition) is 3. The highest BCUT2D eigenvalue weighted by molar-refractivity contribution is 5.83. The molecule has 0 radical (unpaired) electrons. The lowest BCUT2D eigenvalue weighted by molar-refractivity contribution is 0.376. The van der Waals surface area contributed by atoms with Crippen LogP contribution < -0.4 is 10.6 Å². The number of nitrogens with zero attached hydrogens (tertiary/aromatic N) is 2. The van der Waals surface area contributed by atoms with Crippen molar-refractivity contribution < 1.29 is 4.52 Å². The number of fused-ring (bicyclic) bond motifs is 1. The van der Waals surface area contributed by atoms with Crippen LogP contribution in [-0.4, -0.2) is 29.2 Å². The first-order valence-corrected chi connectivity index (χ1v) is 9.70. The van der Waals surface area contributed by atoms with Gasteiger partial charge in [0.25, 0.3) is 0 Å². The van der Waals surface area contributed by atoms with E-state index in [1.807, 2.05) is 6.07 Å². The molecule has 144 valence electrons. The van der Waals surface area contributed by atoms with Crippen LogP contribution in [0.25, 0.3) is 10.9 Å². The van der Waals surface area contributed by atoms with Gasteiger partial charge in [0.15, 0.2) is 11.7 Å². The molecular formula is C21H29N5O. The van der Waals surface area contributed by atoms with E-state index in [9.17, 15) is 0 Å². The number of aryl methyl sites for hydroxylation is 1. The van der Waals surface area contributed by atoms with E-state index in [-0.39, 0.29) is 0 Å². The number of rotatable bonds is 8. The third-order valence-corrected chi connectivity index (χ3v) is 4.50. The van der Waals surface area contributed by atoms with Crippen molar-refractivity contribution in [3.63, 3.8) is 0 Å². The fraction of sp³-hybridized carbons (Fsp3) is 0.429. The van der Waals surface area contributed by atoms with Crippen molar-refractivity contribution in [1.29, 1.82) is 0 Å². The van der Waals surface area contributed by atoms with E-state index in [0.29, 0.717) is 12.5 Å². The average molecular weight is 367 g/mol. The minimum absolute atomic E-state index is 0.363. The predicted octanol–water partition coefficient (Wildman–Crippen LogP) is 3.97. The second-order valence-electron chi connectivity index (χ2n) is 6.96. The van der Waals surface area contributed by atoms with E-state index in [1.54, 1.807) is 0 Å². The lowest BCUT2D eigenvalue weighted by Crippen LogP contribution is -2.37. The molecule has 0 unspecified atom stereocenters. The molecule has 0 fully saturated rings. The first kappa shape index (κ1) is 19.0. The predicted molar refractivity (Wildman–Crippen MR) is 110 cm³/mol. The van der Waals surface area contributed by atoms with Gasteiger partial charge in [0.1, 0.15) is 6.54 Å². The number of aromatic nitrogens is 2. The van der Waals surface area contributed by atoms with Crippen LogP contribution in [0.1, 0.15) is 50.1 Å². The molecule has 6 nitrogen and oxygen atoms in total. The Balaban J connectivity index is 1.50. The first-order chi connectivity index (χ1) is 13.2. The monoisotopic (exact) mass is 367 g/mol. The normalized spacial score (nSPS) is 12.1. The highest BCUT2D eigenvalue weighted by Gasteiger charge is 2.08. The summed E-state index contributed by atoms with van der Waals surface area (Å²) in [6.45, 7) is 8.43. The number of hydrogen-bond acceptors (Lipinski definition) is 3. The zero-order valence-electron chi connectivity index (χ0n) is 16.4. The van der Waals surface area contributed by atoms with Gasteiger partial charge >= 0.3 is 0 Å². The number of H-pyrrole nitrogens is 1. The summed E-state index contributed by atoms with van der Waals surface area (Å²) in [6.07, 6.45) is 4.17. The molecule has 0 saturated heterocycles. The second kappa shape index (κ2) is 9.26. The van der Waals surface area contributed by atoms with Crippen LogP contribution in [0, 0.1) is 0 Å². The van der Waals surface area contributed by atoms with Crippen molar-refractivity contribution in [3.8, 4) is 0 Å². The van der Waals surface area contributed by atoms with Gasteiger partial charge in [-0.25, -0.2) is 4.99 Å². The summed E-state index contributed by atoms with van der Waals surface area (Å²) in [7, 11) is 0. The smallest absolute Gasteiger partial charge is 0.191 e. The van der Waals surface area contributed by atoms with Crippen LogP contribution >= 0.6 is 0 Å². The molecule has 0 aliphatic heterocycles. The Morgan fingerprint density at radius 1 is 1.26 bits per heavy atom. The zero-order chi connectivity index (χ0) is 19.1. The molecule has 0 spiro atoms. The number of aromatic amines is 1. The third-order valence-electron chi connectivity index (χ3n) is 4.50. The lowest BCUT2D eigenvalue weighted by atomic mass is 10.1. The Kier molecular flexibility index (Phi) is 6.52. The van der Waals surface area contributed by atoms with Crippen molar-refractivity contribution in [1.82, 2.24) is 20.8 Å². The molecule has 0 aliphatic carbocycles. The molecule has 0 saturated carbocycles. The molecule has 0 bridgehead atoms. The summed E-state index contributed by atoms with van der Waals surface area (Å²) in [5.74, 6) is 1.95. The number of benzene rings is 1. The molecule has 3 aromatic rings. The molecular weight excluding hydrogens is 338 g/mol. The van der Waals surface area contributed by atoms with Gasteiger partial charge in [-0.1, -0.05) is 37.2 Å². The van der Waals surface area contributed by atoms with Gasteiger partial charge in [0, 0.05) is 36.3 Å². The summed E-state index contributed by atoms with van der Waals surface area (Å²) in [5.41, 5.74) is 3.53. The lowest BCUT2D eigenvalue weighted by Gasteiger charge is -2.10. The minimum atomic E-state index is 0.363. The maximum absolute atomic E-state index is 5.35. The van der Waals surface area contributed by atoms with Crippen LogP contribution in [0.15, 0.2) is 46.0 Å². The van der Waals surface area contributed by atoms with Gasteiger partial charge < -0.3 is 20.1 Å². The van der Waals surface area contributed by atoms with Gasteiger partial charge in [-0.2, -0.15) is 0 Å². The average Bonchev–Trinajstić information content (AvgIpc) is 3.30. The van der Waals surface area contributed by atoms with E-state index in [0.717, 1.165) is 43.3 Å². The molecule has 27 heavy (non-hydrogen) atoms. The standard InChI is InChI=1S/C21H29N5O/c1-4-22-21(25-14-17-12-20(15(2)3)26-27-17)23-11-7-8-16-13-24-19-10-6-5-9-18(16)19/h5-6,9-10,12-13,15,24H,4,7-8,11,14H2,1-3H3,(H2,22,23,25). The summed E-state index contributed by atoms with van der Waals surface area (Å²) < 4.78 is 5.35. The van der Waals surface area contributed by atoms with Crippen LogP contribution in [0.5, 0.6) is 0 Å². The van der Waals surface area contributed by atoms with Crippen molar-refractivity contribution >= 4 is 16.9 Å². The molecule has 6 heteroatoms. The maximum Gasteiger partial charge on any atom is 0.191 e. The van der Waals surface area contributed by atoms with Crippen LogP contribution in [0.3, 0.4) is 0 Å². The Hall–Kier alpha value is -2.76. The maximum atomic E-state index is 5.35. The fourth-order valence-corrected chi connectivity index (χ4v) is 3.00. The molecule has 0 amide bonds. The summed E-state index contributed by atoms with van der Waals surface area (Å²) in [4.78, 5) is 7.93. The zero-order valence-corrected chi connectivity index (χ0v) is 16.4. The largest absolute Gasteiger partial charge is 0.361 e. The fourth-order valence-electron chi connectivity index (χ4n) is 3.00. The molecule has 3 N–H and O–H groups in total.